The van der Waals surface area contributed by atoms with Crippen molar-refractivity contribution in [2.75, 3.05) is 19.0 Å². The number of benzene rings is 1. The molecule has 1 saturated heterocycles. The molecule has 1 amide bonds. The number of hydrogen-bond donors (Lipinski definition) is 2. The number of methoxy groups -OCH3 is 1. The van der Waals surface area contributed by atoms with Gasteiger partial charge in [0.1, 0.15) is 5.75 Å². The van der Waals surface area contributed by atoms with Crippen LogP contribution >= 0.6 is 15.9 Å². The zero-order valence-electron chi connectivity index (χ0n) is 11.5. The number of halogens is 1. The first-order valence-electron chi connectivity index (χ1n) is 7.06. The van der Waals surface area contributed by atoms with Gasteiger partial charge in [-0.25, -0.2) is 0 Å². The zero-order valence-corrected chi connectivity index (χ0v) is 13.1. The first-order valence-corrected chi connectivity index (χ1v) is 7.85. The maximum Gasteiger partial charge on any atom is 0.241 e. The Morgan fingerprint density at radius 2 is 2.25 bits per heavy atom. The maximum absolute atomic E-state index is 12.4. The van der Waals surface area contributed by atoms with E-state index in [4.69, 9.17) is 4.74 Å². The maximum atomic E-state index is 12.4. The normalized spacial score (nSPS) is 28.2. The van der Waals surface area contributed by atoms with Gasteiger partial charge in [-0.2, -0.15) is 0 Å². The Balaban J connectivity index is 1.71. The standard InChI is InChI=1S/C15H19BrN2O2/c1-20-12-6-10(16)5-11(7-12)18-15(19)14-13-4-2-3-9(13)8-17-14/h5-7,9,13-14,17H,2-4,8H2,1H3,(H,18,19). The summed E-state index contributed by atoms with van der Waals surface area (Å²) < 4.78 is 6.11. The average molecular weight is 339 g/mol. The van der Waals surface area contributed by atoms with Crippen molar-refractivity contribution < 1.29 is 9.53 Å². The lowest BCUT2D eigenvalue weighted by Gasteiger charge is -2.18. The molecule has 0 bridgehead atoms. The van der Waals surface area contributed by atoms with E-state index in [-0.39, 0.29) is 11.9 Å². The Labute approximate surface area is 127 Å². The fourth-order valence-corrected chi connectivity index (χ4v) is 3.92. The molecule has 20 heavy (non-hydrogen) atoms. The van der Waals surface area contributed by atoms with Gasteiger partial charge in [0.2, 0.25) is 5.91 Å². The van der Waals surface area contributed by atoms with Crippen molar-refractivity contribution in [2.24, 2.45) is 11.8 Å². The third-order valence-corrected chi connectivity index (χ3v) is 4.86. The van der Waals surface area contributed by atoms with Gasteiger partial charge < -0.3 is 15.4 Å². The number of carbonyl (C=O) groups excluding carboxylic acids is 1. The number of fused-ring (bicyclic) bond motifs is 1. The molecule has 3 atom stereocenters. The van der Waals surface area contributed by atoms with Crippen LogP contribution in [0.15, 0.2) is 22.7 Å². The second-order valence-electron chi connectivity index (χ2n) is 5.61. The SMILES string of the molecule is COc1cc(Br)cc(NC(=O)C2NCC3CCCC32)c1. The molecule has 3 rings (SSSR count). The molecule has 0 aromatic heterocycles. The number of anilines is 1. The molecule has 2 N–H and O–H groups in total. The number of nitrogens with one attached hydrogen (secondary N) is 2. The van der Waals surface area contributed by atoms with Gasteiger partial charge in [0, 0.05) is 16.2 Å². The van der Waals surface area contributed by atoms with Crippen molar-refractivity contribution in [3.05, 3.63) is 22.7 Å². The van der Waals surface area contributed by atoms with Crippen molar-refractivity contribution in [3.63, 3.8) is 0 Å². The highest BCUT2D eigenvalue weighted by atomic mass is 79.9. The summed E-state index contributed by atoms with van der Waals surface area (Å²) in [4.78, 5) is 12.4. The van der Waals surface area contributed by atoms with E-state index >= 15 is 0 Å². The number of ether oxygens (including phenoxy) is 1. The topological polar surface area (TPSA) is 50.4 Å². The summed E-state index contributed by atoms with van der Waals surface area (Å²) >= 11 is 3.43. The fourth-order valence-electron chi connectivity index (χ4n) is 3.45. The summed E-state index contributed by atoms with van der Waals surface area (Å²) in [6.07, 6.45) is 3.68. The van der Waals surface area contributed by atoms with Crippen molar-refractivity contribution in [2.45, 2.75) is 25.3 Å². The Morgan fingerprint density at radius 1 is 1.40 bits per heavy atom. The van der Waals surface area contributed by atoms with Gasteiger partial charge in [-0.1, -0.05) is 22.4 Å². The molecular formula is C15H19BrN2O2. The minimum Gasteiger partial charge on any atom is -0.497 e. The monoisotopic (exact) mass is 338 g/mol. The van der Waals surface area contributed by atoms with Crippen LogP contribution in [0.1, 0.15) is 19.3 Å². The molecule has 108 valence electrons. The molecule has 0 radical (unpaired) electrons. The predicted molar refractivity (Wildman–Crippen MR) is 81.9 cm³/mol. The summed E-state index contributed by atoms with van der Waals surface area (Å²) in [5.74, 6) is 1.99. The number of rotatable bonds is 3. The molecule has 1 aromatic carbocycles. The van der Waals surface area contributed by atoms with Gasteiger partial charge in [0.05, 0.1) is 13.2 Å². The summed E-state index contributed by atoms with van der Waals surface area (Å²) in [7, 11) is 1.62. The van der Waals surface area contributed by atoms with E-state index in [1.807, 2.05) is 18.2 Å². The van der Waals surface area contributed by atoms with Crippen molar-refractivity contribution in [3.8, 4) is 5.75 Å². The van der Waals surface area contributed by atoms with E-state index in [1.165, 1.54) is 12.8 Å². The fraction of sp³-hybridized carbons (Fsp3) is 0.533. The van der Waals surface area contributed by atoms with Crippen molar-refractivity contribution in [1.82, 2.24) is 5.32 Å². The highest BCUT2D eigenvalue weighted by Crippen LogP contribution is 2.38. The van der Waals surface area contributed by atoms with Gasteiger partial charge in [-0.05, 0) is 43.4 Å². The Kier molecular flexibility index (Phi) is 3.98. The van der Waals surface area contributed by atoms with Crippen molar-refractivity contribution in [1.29, 1.82) is 0 Å². The highest BCUT2D eigenvalue weighted by molar-refractivity contribution is 9.10. The second kappa shape index (κ2) is 5.74. The molecule has 0 spiro atoms. The van der Waals surface area contributed by atoms with Crippen LogP contribution in [0.2, 0.25) is 0 Å². The third-order valence-electron chi connectivity index (χ3n) is 4.40. The van der Waals surface area contributed by atoms with Crippen LogP contribution in [0.5, 0.6) is 5.75 Å². The van der Waals surface area contributed by atoms with E-state index in [0.717, 1.165) is 28.9 Å². The molecule has 4 nitrogen and oxygen atoms in total. The molecule has 2 aliphatic rings. The molecule has 3 unspecified atom stereocenters. The van der Waals surface area contributed by atoms with Crippen LogP contribution < -0.4 is 15.4 Å². The largest absolute Gasteiger partial charge is 0.497 e. The average Bonchev–Trinajstić information content (AvgIpc) is 2.99. The van der Waals surface area contributed by atoms with Crippen LogP contribution in [-0.4, -0.2) is 25.6 Å². The molecule has 1 aliphatic heterocycles. The summed E-state index contributed by atoms with van der Waals surface area (Å²) in [5, 5.41) is 6.37. The first kappa shape index (κ1) is 13.9. The minimum atomic E-state index is -0.0486. The zero-order chi connectivity index (χ0) is 14.1. The van der Waals surface area contributed by atoms with Gasteiger partial charge in [-0.15, -0.1) is 0 Å². The Bertz CT molecular complexity index is 521. The van der Waals surface area contributed by atoms with E-state index in [0.29, 0.717) is 11.8 Å². The van der Waals surface area contributed by atoms with Crippen LogP contribution in [0.4, 0.5) is 5.69 Å². The van der Waals surface area contributed by atoms with E-state index in [9.17, 15) is 4.79 Å². The smallest absolute Gasteiger partial charge is 0.241 e. The highest BCUT2D eigenvalue weighted by Gasteiger charge is 2.42. The van der Waals surface area contributed by atoms with Gasteiger partial charge >= 0.3 is 0 Å². The van der Waals surface area contributed by atoms with Crippen LogP contribution in [0.25, 0.3) is 0 Å². The van der Waals surface area contributed by atoms with Crippen LogP contribution in [-0.2, 0) is 4.79 Å². The lowest BCUT2D eigenvalue weighted by Crippen LogP contribution is -2.39. The molecule has 2 fully saturated rings. The molecule has 5 heteroatoms. The van der Waals surface area contributed by atoms with Gasteiger partial charge in [-0.3, -0.25) is 4.79 Å². The molecular weight excluding hydrogens is 320 g/mol. The summed E-state index contributed by atoms with van der Waals surface area (Å²) in [6, 6.07) is 5.55. The van der Waals surface area contributed by atoms with Crippen LogP contribution in [0.3, 0.4) is 0 Å². The van der Waals surface area contributed by atoms with E-state index in [2.05, 4.69) is 26.6 Å². The Hall–Kier alpha value is -1.07. The molecule has 1 aliphatic carbocycles. The van der Waals surface area contributed by atoms with Crippen molar-refractivity contribution >= 4 is 27.5 Å². The number of hydrogen-bond acceptors (Lipinski definition) is 3. The molecule has 1 heterocycles. The first-order chi connectivity index (χ1) is 9.67. The van der Waals surface area contributed by atoms with E-state index < -0.39 is 0 Å². The quantitative estimate of drug-likeness (QED) is 0.890. The Morgan fingerprint density at radius 3 is 3.05 bits per heavy atom. The predicted octanol–water partition coefficient (Wildman–Crippen LogP) is 2.78. The lowest BCUT2D eigenvalue weighted by molar-refractivity contribution is -0.118. The summed E-state index contributed by atoms with van der Waals surface area (Å²) in [5.41, 5.74) is 0.768. The number of amides is 1. The van der Waals surface area contributed by atoms with Crippen LogP contribution in [0, 0.1) is 11.8 Å². The second-order valence-corrected chi connectivity index (χ2v) is 6.53. The number of carbonyl (C=O) groups is 1. The summed E-state index contributed by atoms with van der Waals surface area (Å²) in [6.45, 7) is 0.977. The lowest BCUT2D eigenvalue weighted by atomic mass is 9.93. The third kappa shape index (κ3) is 2.69. The van der Waals surface area contributed by atoms with E-state index in [1.54, 1.807) is 7.11 Å². The molecule has 1 aromatic rings. The van der Waals surface area contributed by atoms with Gasteiger partial charge in [0.25, 0.3) is 0 Å². The van der Waals surface area contributed by atoms with Gasteiger partial charge in [0.15, 0.2) is 0 Å². The minimum absolute atomic E-state index is 0.0486. The molecule has 1 saturated carbocycles.